The maximum absolute atomic E-state index is 12.8. The van der Waals surface area contributed by atoms with E-state index in [0.29, 0.717) is 18.0 Å². The molecule has 2 aliphatic heterocycles. The maximum atomic E-state index is 12.8. The number of hydrogen-bond donors (Lipinski definition) is 0. The van der Waals surface area contributed by atoms with Gasteiger partial charge in [0.2, 0.25) is 5.91 Å². The largest absolute Gasteiger partial charge is 0.341 e. The smallest absolute Gasteiger partial charge is 0.293 e. The van der Waals surface area contributed by atoms with Crippen LogP contribution in [-0.2, 0) is 22.6 Å². The van der Waals surface area contributed by atoms with Crippen molar-refractivity contribution in [2.75, 3.05) is 19.6 Å². The molecule has 2 saturated heterocycles. The normalized spacial score (nSPS) is 18.2. The van der Waals surface area contributed by atoms with Crippen molar-refractivity contribution in [3.63, 3.8) is 0 Å². The quantitative estimate of drug-likeness (QED) is 0.589. The van der Waals surface area contributed by atoms with Gasteiger partial charge in [0.05, 0.1) is 10.4 Å². The number of hydrogen-bond acceptors (Lipinski definition) is 4. The molecule has 2 aliphatic rings. The Kier molecular flexibility index (Phi) is 6.51. The molecule has 7 heteroatoms. The maximum Gasteiger partial charge on any atom is 0.293 e. The van der Waals surface area contributed by atoms with Crippen LogP contribution in [0.5, 0.6) is 0 Å². The van der Waals surface area contributed by atoms with Gasteiger partial charge in [-0.2, -0.15) is 0 Å². The molecule has 3 heterocycles. The number of likely N-dealkylation sites (tertiary alicyclic amines) is 1. The van der Waals surface area contributed by atoms with E-state index in [9.17, 15) is 14.4 Å². The van der Waals surface area contributed by atoms with Crippen LogP contribution >= 0.6 is 11.8 Å². The molecular weight excluding hydrogens is 410 g/mol. The lowest BCUT2D eigenvalue weighted by Gasteiger charge is -2.16. The highest BCUT2D eigenvalue weighted by Crippen LogP contribution is 2.35. The minimum Gasteiger partial charge on any atom is -0.341 e. The summed E-state index contributed by atoms with van der Waals surface area (Å²) in [5, 5.41) is 0.806. The molecule has 164 valence electrons. The molecule has 2 fully saturated rings. The van der Waals surface area contributed by atoms with Crippen molar-refractivity contribution < 1.29 is 14.4 Å². The number of carbonyl (C=O) groups excluding carboxylic acids is 3. The molecule has 0 bridgehead atoms. The number of carbonyl (C=O) groups is 3. The number of benzene rings is 1. The summed E-state index contributed by atoms with van der Waals surface area (Å²) in [6, 6.07) is 6.12. The van der Waals surface area contributed by atoms with Gasteiger partial charge < -0.3 is 9.47 Å². The second-order valence-corrected chi connectivity index (χ2v) is 9.15. The number of fused-ring (bicyclic) bond motifs is 1. The zero-order valence-corrected chi connectivity index (χ0v) is 19.0. The van der Waals surface area contributed by atoms with Crippen molar-refractivity contribution in [3.8, 4) is 0 Å². The monoisotopic (exact) mass is 439 g/mol. The van der Waals surface area contributed by atoms with Crippen LogP contribution < -0.4 is 0 Å². The fourth-order valence-electron chi connectivity index (χ4n) is 4.35. The van der Waals surface area contributed by atoms with E-state index in [4.69, 9.17) is 0 Å². The third-order valence-corrected chi connectivity index (χ3v) is 6.96. The SMILES string of the molecule is CCCCN1C(=O)S/C(=C\c2cn(CC(=O)N3CCCC3)c3c(CC)cccc23)C1=O. The Morgan fingerprint density at radius 3 is 2.65 bits per heavy atom. The molecule has 1 aromatic carbocycles. The van der Waals surface area contributed by atoms with Gasteiger partial charge in [0.15, 0.2) is 0 Å². The van der Waals surface area contributed by atoms with E-state index >= 15 is 0 Å². The lowest BCUT2D eigenvalue weighted by molar-refractivity contribution is -0.130. The molecule has 0 N–H and O–H groups in total. The van der Waals surface area contributed by atoms with Gasteiger partial charge in [0, 0.05) is 36.8 Å². The topological polar surface area (TPSA) is 62.6 Å². The lowest BCUT2D eigenvalue weighted by Crippen LogP contribution is -2.30. The Balaban J connectivity index is 1.70. The molecule has 0 radical (unpaired) electrons. The van der Waals surface area contributed by atoms with Crippen LogP contribution in [0.25, 0.3) is 17.0 Å². The second-order valence-electron chi connectivity index (χ2n) is 8.15. The van der Waals surface area contributed by atoms with Crippen molar-refractivity contribution in [1.82, 2.24) is 14.4 Å². The number of amides is 3. The van der Waals surface area contributed by atoms with Crippen LogP contribution in [0.4, 0.5) is 4.79 Å². The third kappa shape index (κ3) is 4.28. The fraction of sp³-hybridized carbons (Fsp3) is 0.458. The summed E-state index contributed by atoms with van der Waals surface area (Å²) in [7, 11) is 0. The number of aryl methyl sites for hydroxylation is 1. The molecule has 0 spiro atoms. The van der Waals surface area contributed by atoms with Crippen LogP contribution in [-0.4, -0.2) is 51.1 Å². The first-order valence-corrected chi connectivity index (χ1v) is 12.0. The Morgan fingerprint density at radius 1 is 1.16 bits per heavy atom. The third-order valence-electron chi connectivity index (χ3n) is 6.05. The van der Waals surface area contributed by atoms with Gasteiger partial charge in [-0.25, -0.2) is 0 Å². The summed E-state index contributed by atoms with van der Waals surface area (Å²) in [4.78, 5) is 41.7. The number of rotatable bonds is 7. The predicted molar refractivity (Wildman–Crippen MR) is 125 cm³/mol. The number of para-hydroxylation sites is 1. The first-order chi connectivity index (χ1) is 15.0. The first kappa shape index (κ1) is 21.7. The highest BCUT2D eigenvalue weighted by molar-refractivity contribution is 8.18. The Hall–Kier alpha value is -2.54. The second kappa shape index (κ2) is 9.30. The number of thioether (sulfide) groups is 1. The molecular formula is C24H29N3O3S. The highest BCUT2D eigenvalue weighted by Gasteiger charge is 2.34. The first-order valence-electron chi connectivity index (χ1n) is 11.2. The van der Waals surface area contributed by atoms with E-state index in [1.165, 1.54) is 10.5 Å². The van der Waals surface area contributed by atoms with Crippen molar-refractivity contribution in [3.05, 3.63) is 40.4 Å². The summed E-state index contributed by atoms with van der Waals surface area (Å²) in [6.07, 6.45) is 8.50. The lowest BCUT2D eigenvalue weighted by atomic mass is 10.1. The van der Waals surface area contributed by atoms with E-state index < -0.39 is 0 Å². The molecule has 4 rings (SSSR count). The molecule has 1 aromatic heterocycles. The Labute approximate surface area is 187 Å². The average Bonchev–Trinajstić information content (AvgIpc) is 3.47. The molecule has 31 heavy (non-hydrogen) atoms. The molecule has 2 aromatic rings. The average molecular weight is 440 g/mol. The van der Waals surface area contributed by atoms with E-state index in [2.05, 4.69) is 13.0 Å². The highest BCUT2D eigenvalue weighted by atomic mass is 32.2. The van der Waals surface area contributed by atoms with Crippen molar-refractivity contribution in [2.45, 2.75) is 52.5 Å². The van der Waals surface area contributed by atoms with Gasteiger partial charge in [0.25, 0.3) is 11.1 Å². The molecule has 0 saturated carbocycles. The van der Waals surface area contributed by atoms with Gasteiger partial charge >= 0.3 is 0 Å². The van der Waals surface area contributed by atoms with Crippen LogP contribution in [0.15, 0.2) is 29.3 Å². The minimum absolute atomic E-state index is 0.131. The molecule has 0 aliphatic carbocycles. The molecule has 3 amide bonds. The van der Waals surface area contributed by atoms with Gasteiger partial charge in [0.1, 0.15) is 6.54 Å². The molecule has 0 atom stereocenters. The van der Waals surface area contributed by atoms with Crippen molar-refractivity contribution in [2.24, 2.45) is 0 Å². The number of unbranched alkanes of at least 4 members (excludes halogenated alkanes) is 1. The van der Waals surface area contributed by atoms with E-state index in [1.807, 2.05) is 40.8 Å². The molecule has 6 nitrogen and oxygen atoms in total. The summed E-state index contributed by atoms with van der Waals surface area (Å²) in [5.41, 5.74) is 3.08. The zero-order valence-electron chi connectivity index (χ0n) is 18.2. The van der Waals surface area contributed by atoms with Crippen LogP contribution in [0.3, 0.4) is 0 Å². The fourth-order valence-corrected chi connectivity index (χ4v) is 5.21. The summed E-state index contributed by atoms with van der Waals surface area (Å²) in [5.74, 6) is -0.0871. The summed E-state index contributed by atoms with van der Waals surface area (Å²) >= 11 is 1.00. The Morgan fingerprint density at radius 2 is 1.94 bits per heavy atom. The predicted octanol–water partition coefficient (Wildman–Crippen LogP) is 4.66. The summed E-state index contributed by atoms with van der Waals surface area (Å²) in [6.45, 7) is 6.56. The minimum atomic E-state index is -0.218. The Bertz CT molecular complexity index is 1050. The van der Waals surface area contributed by atoms with Gasteiger partial charge in [-0.3, -0.25) is 19.3 Å². The zero-order chi connectivity index (χ0) is 22.0. The van der Waals surface area contributed by atoms with Gasteiger partial charge in [-0.15, -0.1) is 0 Å². The van der Waals surface area contributed by atoms with Crippen LogP contribution in [0.2, 0.25) is 0 Å². The van der Waals surface area contributed by atoms with E-state index in [1.54, 1.807) is 0 Å². The standard InChI is InChI=1S/C24H29N3O3S/c1-3-5-13-27-23(29)20(31-24(27)30)14-18-15-26(16-21(28)25-11-6-7-12-25)22-17(4-2)9-8-10-19(18)22/h8-10,14-15H,3-7,11-13,16H2,1-2H3/b20-14-. The van der Waals surface area contributed by atoms with E-state index in [-0.39, 0.29) is 17.1 Å². The van der Waals surface area contributed by atoms with Crippen LogP contribution in [0, 0.1) is 0 Å². The van der Waals surface area contributed by atoms with Gasteiger partial charge in [-0.1, -0.05) is 38.5 Å². The van der Waals surface area contributed by atoms with Crippen molar-refractivity contribution >= 4 is 45.8 Å². The van der Waals surface area contributed by atoms with Gasteiger partial charge in [-0.05, 0) is 49.1 Å². The number of imide groups is 1. The number of nitrogens with zero attached hydrogens (tertiary/aromatic N) is 3. The van der Waals surface area contributed by atoms with Crippen LogP contribution in [0.1, 0.15) is 50.7 Å². The summed E-state index contributed by atoms with van der Waals surface area (Å²) < 4.78 is 2.02. The van der Waals surface area contributed by atoms with E-state index in [0.717, 1.165) is 73.4 Å². The van der Waals surface area contributed by atoms with Crippen molar-refractivity contribution in [1.29, 1.82) is 0 Å². The number of aromatic nitrogens is 1. The molecule has 0 unspecified atom stereocenters.